The molecule has 1 aromatic carbocycles. The predicted molar refractivity (Wildman–Crippen MR) is 106 cm³/mol. The number of piperazine rings is 1. The predicted octanol–water partition coefficient (Wildman–Crippen LogP) is 4.82. The summed E-state index contributed by atoms with van der Waals surface area (Å²) in [6.45, 7) is 18.4. The normalized spacial score (nSPS) is 17.8. The van der Waals surface area contributed by atoms with Crippen molar-refractivity contribution in [3.63, 3.8) is 0 Å². The average Bonchev–Trinajstić information content (AvgIpc) is 2.38. The van der Waals surface area contributed by atoms with Gasteiger partial charge in [0.15, 0.2) is 0 Å². The minimum absolute atomic E-state index is 0. The minimum Gasteiger partial charge on any atom is -0.314 e. The summed E-state index contributed by atoms with van der Waals surface area (Å²) >= 11 is 0. The number of halogens is 2. The van der Waals surface area contributed by atoms with Crippen molar-refractivity contribution < 1.29 is 0 Å². The molecule has 0 radical (unpaired) electrons. The molecular formula is C19H34Cl2N2. The largest absolute Gasteiger partial charge is 0.314 e. The van der Waals surface area contributed by atoms with Crippen LogP contribution in [-0.2, 0) is 5.41 Å². The molecule has 1 N–H and O–H groups in total. The topological polar surface area (TPSA) is 15.3 Å². The van der Waals surface area contributed by atoms with E-state index in [2.05, 4.69) is 76.0 Å². The van der Waals surface area contributed by atoms with Crippen molar-refractivity contribution in [2.24, 2.45) is 5.41 Å². The van der Waals surface area contributed by atoms with E-state index in [9.17, 15) is 0 Å². The van der Waals surface area contributed by atoms with Crippen molar-refractivity contribution in [3.8, 4) is 0 Å². The maximum Gasteiger partial charge on any atom is 0.0397 e. The maximum absolute atomic E-state index is 3.46. The molecule has 0 bridgehead atoms. The van der Waals surface area contributed by atoms with E-state index in [1.807, 2.05) is 0 Å². The van der Waals surface area contributed by atoms with E-state index in [1.54, 1.807) is 0 Å². The summed E-state index contributed by atoms with van der Waals surface area (Å²) in [7, 11) is 0. The van der Waals surface area contributed by atoms with Gasteiger partial charge >= 0.3 is 0 Å². The van der Waals surface area contributed by atoms with Gasteiger partial charge in [-0.25, -0.2) is 0 Å². The van der Waals surface area contributed by atoms with Gasteiger partial charge in [-0.05, 0) is 22.0 Å². The fourth-order valence-electron chi connectivity index (χ4n) is 3.36. The Labute approximate surface area is 155 Å². The molecule has 0 unspecified atom stereocenters. The zero-order valence-corrected chi connectivity index (χ0v) is 17.1. The van der Waals surface area contributed by atoms with Crippen LogP contribution in [0.15, 0.2) is 24.3 Å². The van der Waals surface area contributed by atoms with Gasteiger partial charge < -0.3 is 5.32 Å². The molecule has 1 aromatic rings. The van der Waals surface area contributed by atoms with Gasteiger partial charge in [0.2, 0.25) is 0 Å². The lowest BCUT2D eigenvalue weighted by Crippen LogP contribution is -2.48. The highest BCUT2D eigenvalue weighted by Gasteiger charge is 2.32. The fraction of sp³-hybridized carbons (Fsp3) is 0.684. The first-order valence-corrected chi connectivity index (χ1v) is 8.25. The Balaban J connectivity index is 0.00000242. The number of benzene rings is 1. The lowest BCUT2D eigenvalue weighted by molar-refractivity contribution is 0.0862. The van der Waals surface area contributed by atoms with Crippen molar-refractivity contribution in [1.82, 2.24) is 10.2 Å². The van der Waals surface area contributed by atoms with Crippen LogP contribution in [0.5, 0.6) is 0 Å². The molecule has 0 saturated carbocycles. The van der Waals surface area contributed by atoms with Crippen LogP contribution in [0.25, 0.3) is 0 Å². The second-order valence-corrected chi connectivity index (χ2v) is 8.43. The summed E-state index contributed by atoms with van der Waals surface area (Å²) in [4.78, 5) is 2.64. The van der Waals surface area contributed by atoms with Crippen LogP contribution in [0, 0.1) is 5.41 Å². The van der Waals surface area contributed by atoms with Crippen LogP contribution in [0.4, 0.5) is 0 Å². The van der Waals surface area contributed by atoms with Gasteiger partial charge in [-0.2, -0.15) is 0 Å². The summed E-state index contributed by atoms with van der Waals surface area (Å²) in [6.07, 6.45) is 0. The molecule has 1 saturated heterocycles. The van der Waals surface area contributed by atoms with E-state index in [4.69, 9.17) is 0 Å². The molecular weight excluding hydrogens is 327 g/mol. The second-order valence-electron chi connectivity index (χ2n) is 8.43. The fourth-order valence-corrected chi connectivity index (χ4v) is 3.36. The van der Waals surface area contributed by atoms with Crippen LogP contribution in [0.3, 0.4) is 0 Å². The number of hydrogen-bond donors (Lipinski definition) is 1. The number of nitrogens with zero attached hydrogens (tertiary/aromatic N) is 1. The lowest BCUT2D eigenvalue weighted by atomic mass is 9.79. The van der Waals surface area contributed by atoms with Crippen LogP contribution in [0.2, 0.25) is 0 Å². The highest BCUT2D eigenvalue weighted by Crippen LogP contribution is 2.38. The Morgan fingerprint density at radius 3 is 1.74 bits per heavy atom. The first-order valence-electron chi connectivity index (χ1n) is 8.25. The van der Waals surface area contributed by atoms with Crippen LogP contribution < -0.4 is 5.32 Å². The molecule has 1 aliphatic heterocycles. The number of hydrogen-bond acceptors (Lipinski definition) is 2. The zero-order valence-electron chi connectivity index (χ0n) is 15.5. The quantitative estimate of drug-likeness (QED) is 0.812. The van der Waals surface area contributed by atoms with E-state index in [1.165, 1.54) is 11.1 Å². The molecule has 4 heteroatoms. The van der Waals surface area contributed by atoms with Crippen molar-refractivity contribution in [2.45, 2.75) is 53.0 Å². The lowest BCUT2D eigenvalue weighted by Gasteiger charge is -2.42. The Morgan fingerprint density at radius 2 is 1.35 bits per heavy atom. The molecule has 0 aliphatic carbocycles. The van der Waals surface area contributed by atoms with Gasteiger partial charge in [0, 0.05) is 32.2 Å². The van der Waals surface area contributed by atoms with Crippen LogP contribution in [0.1, 0.15) is 58.7 Å². The highest BCUT2D eigenvalue weighted by atomic mass is 35.5. The second kappa shape index (κ2) is 8.71. The molecule has 134 valence electrons. The standard InChI is InChI=1S/C19H32N2.2ClH/c1-18(2,3)16-9-7-15(8-10-16)17(19(4,5)6)21-13-11-20-12-14-21;;/h7-10,17,20H,11-14H2,1-6H3;2*1H/t17-;;/m0../s1. The smallest absolute Gasteiger partial charge is 0.0397 e. The summed E-state index contributed by atoms with van der Waals surface area (Å²) in [6, 6.07) is 9.82. The third kappa shape index (κ3) is 5.94. The zero-order chi connectivity index (χ0) is 15.7. The van der Waals surface area contributed by atoms with Gasteiger partial charge in [-0.3, -0.25) is 4.90 Å². The first-order chi connectivity index (χ1) is 9.69. The minimum atomic E-state index is 0. The third-order valence-corrected chi connectivity index (χ3v) is 4.43. The molecule has 0 spiro atoms. The van der Waals surface area contributed by atoms with Crippen molar-refractivity contribution in [3.05, 3.63) is 35.4 Å². The van der Waals surface area contributed by atoms with E-state index in [0.29, 0.717) is 6.04 Å². The van der Waals surface area contributed by atoms with Crippen LogP contribution >= 0.6 is 24.8 Å². The monoisotopic (exact) mass is 360 g/mol. The Bertz CT molecular complexity index is 452. The van der Waals surface area contributed by atoms with Gasteiger partial charge in [-0.1, -0.05) is 65.8 Å². The van der Waals surface area contributed by atoms with Gasteiger partial charge in [-0.15, -0.1) is 24.8 Å². The molecule has 2 rings (SSSR count). The summed E-state index contributed by atoms with van der Waals surface area (Å²) in [5, 5.41) is 3.46. The third-order valence-electron chi connectivity index (χ3n) is 4.43. The number of rotatable bonds is 2. The molecule has 23 heavy (non-hydrogen) atoms. The van der Waals surface area contributed by atoms with Crippen LogP contribution in [-0.4, -0.2) is 31.1 Å². The number of nitrogens with one attached hydrogen (secondary N) is 1. The van der Waals surface area contributed by atoms with Crippen molar-refractivity contribution in [2.75, 3.05) is 26.2 Å². The Kier molecular flexibility index (Phi) is 8.60. The van der Waals surface area contributed by atoms with Gasteiger partial charge in [0.25, 0.3) is 0 Å². The summed E-state index contributed by atoms with van der Waals surface area (Å²) < 4.78 is 0. The van der Waals surface area contributed by atoms with Crippen molar-refractivity contribution in [1.29, 1.82) is 0 Å². The van der Waals surface area contributed by atoms with E-state index >= 15 is 0 Å². The molecule has 2 nitrogen and oxygen atoms in total. The summed E-state index contributed by atoms with van der Waals surface area (Å²) in [5.41, 5.74) is 3.35. The van der Waals surface area contributed by atoms with E-state index < -0.39 is 0 Å². The molecule has 1 aliphatic rings. The average molecular weight is 361 g/mol. The van der Waals surface area contributed by atoms with Crippen molar-refractivity contribution >= 4 is 24.8 Å². The summed E-state index contributed by atoms with van der Waals surface area (Å²) in [5.74, 6) is 0. The van der Waals surface area contributed by atoms with E-state index in [-0.39, 0.29) is 35.6 Å². The molecule has 1 heterocycles. The molecule has 0 amide bonds. The Hall–Kier alpha value is -0.280. The first kappa shape index (κ1) is 22.7. The molecule has 1 atom stereocenters. The van der Waals surface area contributed by atoms with Gasteiger partial charge in [0.05, 0.1) is 0 Å². The highest BCUT2D eigenvalue weighted by molar-refractivity contribution is 5.85. The Morgan fingerprint density at radius 1 is 0.870 bits per heavy atom. The maximum atomic E-state index is 3.46. The SMILES string of the molecule is CC(C)(C)c1ccc([C@H](N2CCNCC2)C(C)(C)C)cc1.Cl.Cl. The van der Waals surface area contributed by atoms with Gasteiger partial charge in [0.1, 0.15) is 0 Å². The molecule has 0 aromatic heterocycles. The molecule has 1 fully saturated rings. The van der Waals surface area contributed by atoms with E-state index in [0.717, 1.165) is 26.2 Å².